The number of ketones is 1. The largest absolute Gasteiger partial charge is 0.302 e. The van der Waals surface area contributed by atoms with Crippen molar-refractivity contribution in [1.82, 2.24) is 0 Å². The van der Waals surface area contributed by atoms with E-state index in [1.165, 1.54) is 0 Å². The first kappa shape index (κ1) is 10.4. The number of aldehydes is 1. The third kappa shape index (κ3) is 1.67. The van der Waals surface area contributed by atoms with E-state index in [0.717, 1.165) is 19.1 Å². The van der Waals surface area contributed by atoms with Crippen LogP contribution in [0.5, 0.6) is 0 Å². The normalized spacial score (nSPS) is 35.1. The van der Waals surface area contributed by atoms with Crippen molar-refractivity contribution < 1.29 is 9.59 Å². The average Bonchev–Trinajstić information content (AvgIpc) is 2.04. The van der Waals surface area contributed by atoms with Gasteiger partial charge in [0.1, 0.15) is 12.1 Å². The highest BCUT2D eigenvalue weighted by molar-refractivity contribution is 5.99. The smallest absolute Gasteiger partial charge is 0.146 e. The fourth-order valence-electron chi connectivity index (χ4n) is 2.10. The Kier molecular flexibility index (Phi) is 2.89. The van der Waals surface area contributed by atoms with E-state index < -0.39 is 5.41 Å². The minimum absolute atomic E-state index is 0.144. The maximum absolute atomic E-state index is 11.8. The van der Waals surface area contributed by atoms with Gasteiger partial charge in [-0.15, -0.1) is 0 Å². The Morgan fingerprint density at radius 3 is 2.54 bits per heavy atom. The molecule has 2 heteroatoms. The van der Waals surface area contributed by atoms with Gasteiger partial charge in [-0.1, -0.05) is 20.8 Å². The van der Waals surface area contributed by atoms with Gasteiger partial charge in [0.05, 0.1) is 5.41 Å². The third-order valence-electron chi connectivity index (χ3n) is 3.34. The van der Waals surface area contributed by atoms with Crippen LogP contribution in [0.15, 0.2) is 0 Å². The Bertz CT molecular complexity index is 220. The number of carbonyl (C=O) groups excluding carboxylic acids is 2. The van der Waals surface area contributed by atoms with Crippen LogP contribution >= 0.6 is 0 Å². The lowest BCUT2D eigenvalue weighted by Gasteiger charge is -2.36. The summed E-state index contributed by atoms with van der Waals surface area (Å²) in [6, 6.07) is 0. The molecule has 0 spiro atoms. The summed E-state index contributed by atoms with van der Waals surface area (Å²) in [5.41, 5.74) is -0.660. The van der Waals surface area contributed by atoms with Gasteiger partial charge in [-0.25, -0.2) is 0 Å². The number of hydrogen-bond donors (Lipinski definition) is 0. The van der Waals surface area contributed by atoms with Crippen LogP contribution < -0.4 is 0 Å². The zero-order valence-electron chi connectivity index (χ0n) is 8.67. The fourth-order valence-corrected chi connectivity index (χ4v) is 2.10. The van der Waals surface area contributed by atoms with Gasteiger partial charge >= 0.3 is 0 Å². The van der Waals surface area contributed by atoms with Gasteiger partial charge in [-0.05, 0) is 24.7 Å². The highest BCUT2D eigenvalue weighted by Crippen LogP contribution is 2.39. The van der Waals surface area contributed by atoms with Crippen molar-refractivity contribution in [3.63, 3.8) is 0 Å². The lowest BCUT2D eigenvalue weighted by molar-refractivity contribution is -0.141. The highest BCUT2D eigenvalue weighted by atomic mass is 16.1. The lowest BCUT2D eigenvalue weighted by atomic mass is 9.65. The molecular formula is C11H18O2. The minimum Gasteiger partial charge on any atom is -0.302 e. The zero-order chi connectivity index (χ0) is 10.1. The van der Waals surface area contributed by atoms with E-state index in [-0.39, 0.29) is 11.7 Å². The van der Waals surface area contributed by atoms with Gasteiger partial charge in [0.25, 0.3) is 0 Å². The molecule has 0 aromatic carbocycles. The second-order valence-electron chi connectivity index (χ2n) is 4.58. The Balaban J connectivity index is 2.88. The molecule has 13 heavy (non-hydrogen) atoms. The van der Waals surface area contributed by atoms with Crippen molar-refractivity contribution in [2.75, 3.05) is 0 Å². The Hall–Kier alpha value is -0.660. The van der Waals surface area contributed by atoms with Crippen LogP contribution in [-0.2, 0) is 9.59 Å². The third-order valence-corrected chi connectivity index (χ3v) is 3.34. The maximum Gasteiger partial charge on any atom is 0.146 e. The van der Waals surface area contributed by atoms with Crippen molar-refractivity contribution in [2.45, 2.75) is 40.0 Å². The highest BCUT2D eigenvalue weighted by Gasteiger charge is 2.43. The summed E-state index contributed by atoms with van der Waals surface area (Å²) in [6.45, 7) is 6.00. The predicted molar refractivity (Wildman–Crippen MR) is 51.4 cm³/mol. The first-order valence-electron chi connectivity index (χ1n) is 5.02. The van der Waals surface area contributed by atoms with Crippen molar-refractivity contribution in [1.29, 1.82) is 0 Å². The van der Waals surface area contributed by atoms with Crippen LogP contribution in [0.25, 0.3) is 0 Å². The molecule has 2 unspecified atom stereocenters. The van der Waals surface area contributed by atoms with Crippen molar-refractivity contribution in [2.24, 2.45) is 17.3 Å². The molecule has 2 nitrogen and oxygen atoms in total. The molecule has 74 valence electrons. The number of Topliss-reactive ketones (excluding diaryl/α,β-unsaturated/α-hetero) is 1. The number of rotatable bonds is 2. The molecular weight excluding hydrogens is 164 g/mol. The number of hydrogen-bond acceptors (Lipinski definition) is 2. The molecule has 1 aliphatic carbocycles. The Morgan fingerprint density at radius 1 is 1.54 bits per heavy atom. The molecule has 0 aromatic heterocycles. The van der Waals surface area contributed by atoms with Crippen molar-refractivity contribution in [3.05, 3.63) is 0 Å². The minimum atomic E-state index is -0.660. The summed E-state index contributed by atoms with van der Waals surface area (Å²) in [7, 11) is 0. The summed E-state index contributed by atoms with van der Waals surface area (Å²) in [4.78, 5) is 22.8. The first-order valence-corrected chi connectivity index (χ1v) is 5.02. The fraction of sp³-hybridized carbons (Fsp3) is 0.818. The summed E-state index contributed by atoms with van der Waals surface area (Å²) < 4.78 is 0. The second kappa shape index (κ2) is 3.60. The van der Waals surface area contributed by atoms with Crippen LogP contribution in [-0.4, -0.2) is 12.1 Å². The van der Waals surface area contributed by atoms with Gasteiger partial charge < -0.3 is 4.79 Å². The van der Waals surface area contributed by atoms with Crippen LogP contribution in [0.3, 0.4) is 0 Å². The zero-order valence-corrected chi connectivity index (χ0v) is 8.67. The Morgan fingerprint density at radius 2 is 2.15 bits per heavy atom. The molecule has 0 amide bonds. The first-order chi connectivity index (χ1) is 6.03. The molecule has 1 saturated carbocycles. The molecule has 0 aliphatic heterocycles. The second-order valence-corrected chi connectivity index (χ2v) is 4.58. The van der Waals surface area contributed by atoms with Gasteiger partial charge in [0.2, 0.25) is 0 Å². The molecule has 0 radical (unpaired) electrons. The van der Waals surface area contributed by atoms with Crippen molar-refractivity contribution in [3.8, 4) is 0 Å². The summed E-state index contributed by atoms with van der Waals surface area (Å²) in [6.07, 6.45) is 3.21. The van der Waals surface area contributed by atoms with E-state index in [1.807, 2.05) is 13.8 Å². The van der Waals surface area contributed by atoms with Crippen LogP contribution in [0.1, 0.15) is 40.0 Å². The monoisotopic (exact) mass is 182 g/mol. The lowest BCUT2D eigenvalue weighted by Crippen LogP contribution is -2.42. The van der Waals surface area contributed by atoms with Gasteiger partial charge in [-0.2, -0.15) is 0 Å². The molecule has 0 saturated heterocycles. The SMILES string of the molecule is CC1CCC(C=O)(C(C)C)C(=O)C1. The van der Waals surface area contributed by atoms with E-state index in [4.69, 9.17) is 0 Å². The molecule has 1 aliphatic rings. The summed E-state index contributed by atoms with van der Waals surface area (Å²) in [5.74, 6) is 0.751. The van der Waals surface area contributed by atoms with Crippen molar-refractivity contribution >= 4 is 12.1 Å². The molecule has 0 bridgehead atoms. The van der Waals surface area contributed by atoms with Gasteiger partial charge in [0, 0.05) is 6.42 Å². The molecule has 0 heterocycles. The van der Waals surface area contributed by atoms with Crippen LogP contribution in [0.2, 0.25) is 0 Å². The predicted octanol–water partition coefficient (Wildman–Crippen LogP) is 2.22. The van der Waals surface area contributed by atoms with Crippen LogP contribution in [0.4, 0.5) is 0 Å². The van der Waals surface area contributed by atoms with E-state index in [0.29, 0.717) is 12.3 Å². The van der Waals surface area contributed by atoms with E-state index in [2.05, 4.69) is 6.92 Å². The standard InChI is InChI=1S/C11H18O2/c1-8(2)11(7-12)5-4-9(3)6-10(11)13/h7-9H,4-6H2,1-3H3. The molecule has 2 atom stereocenters. The average molecular weight is 182 g/mol. The number of carbonyl (C=O) groups is 2. The van der Waals surface area contributed by atoms with E-state index in [9.17, 15) is 9.59 Å². The quantitative estimate of drug-likeness (QED) is 0.484. The van der Waals surface area contributed by atoms with E-state index >= 15 is 0 Å². The van der Waals surface area contributed by atoms with Gasteiger partial charge in [-0.3, -0.25) is 4.79 Å². The maximum atomic E-state index is 11.8. The summed E-state index contributed by atoms with van der Waals surface area (Å²) >= 11 is 0. The molecule has 1 rings (SSSR count). The topological polar surface area (TPSA) is 34.1 Å². The Labute approximate surface area is 79.7 Å². The summed E-state index contributed by atoms with van der Waals surface area (Å²) in [5, 5.41) is 0. The molecule has 0 aromatic rings. The molecule has 0 N–H and O–H groups in total. The molecule has 1 fully saturated rings. The van der Waals surface area contributed by atoms with Gasteiger partial charge in [0.15, 0.2) is 0 Å². The van der Waals surface area contributed by atoms with E-state index in [1.54, 1.807) is 0 Å². The van der Waals surface area contributed by atoms with Crippen LogP contribution in [0, 0.1) is 17.3 Å².